The average molecular weight is 461 g/mol. The lowest BCUT2D eigenvalue weighted by Gasteiger charge is -2.46. The molecule has 2 aromatic carbocycles. The van der Waals surface area contributed by atoms with Gasteiger partial charge in [0.1, 0.15) is 24.2 Å². The van der Waals surface area contributed by atoms with Crippen molar-refractivity contribution in [2.75, 3.05) is 25.3 Å². The Morgan fingerprint density at radius 2 is 2.00 bits per heavy atom. The van der Waals surface area contributed by atoms with Crippen LogP contribution in [0, 0.1) is 12.7 Å². The summed E-state index contributed by atoms with van der Waals surface area (Å²) in [6, 6.07) is 11.3. The average Bonchev–Trinajstić information content (AvgIpc) is 3.27. The van der Waals surface area contributed by atoms with Crippen LogP contribution in [0.3, 0.4) is 0 Å². The lowest BCUT2D eigenvalue weighted by molar-refractivity contribution is -0.120. The normalized spacial score (nSPS) is 19.1. The van der Waals surface area contributed by atoms with Gasteiger partial charge in [0.05, 0.1) is 37.1 Å². The van der Waals surface area contributed by atoms with E-state index < -0.39 is 6.04 Å². The third-order valence-electron chi connectivity index (χ3n) is 5.81. The first-order chi connectivity index (χ1) is 16.4. The summed E-state index contributed by atoms with van der Waals surface area (Å²) in [6.45, 7) is 4.63. The van der Waals surface area contributed by atoms with Gasteiger partial charge < -0.3 is 14.0 Å². The van der Waals surface area contributed by atoms with Gasteiger partial charge in [0.25, 0.3) is 5.91 Å². The van der Waals surface area contributed by atoms with Crippen LogP contribution in [0.25, 0.3) is 11.8 Å². The summed E-state index contributed by atoms with van der Waals surface area (Å²) >= 11 is 0. The fraction of sp³-hybridized carbons (Fsp3) is 0.240. The van der Waals surface area contributed by atoms with E-state index in [2.05, 4.69) is 9.98 Å². The van der Waals surface area contributed by atoms with Gasteiger partial charge in [0.2, 0.25) is 0 Å². The number of carbonyl (C=O) groups is 1. The summed E-state index contributed by atoms with van der Waals surface area (Å²) in [5.41, 5.74) is 3.30. The van der Waals surface area contributed by atoms with Crippen molar-refractivity contribution >= 4 is 23.5 Å². The Morgan fingerprint density at radius 1 is 1.21 bits per heavy atom. The van der Waals surface area contributed by atoms with Gasteiger partial charge in [-0.05, 0) is 61.9 Å². The first-order valence-electron chi connectivity index (χ1n) is 10.9. The van der Waals surface area contributed by atoms with Crippen LogP contribution in [0.4, 0.5) is 10.1 Å². The highest BCUT2D eigenvalue weighted by Gasteiger charge is 2.38. The zero-order chi connectivity index (χ0) is 23.8. The van der Waals surface area contributed by atoms with Crippen molar-refractivity contribution in [3.8, 4) is 11.4 Å². The standard InChI is InChI=1S/C25H24FN5O3/c1-16-14-29(15-27-16)21-9-4-18(12-22(21)33-3)13-23-24-28-25(32)17(2)31(30(24)10-11-34-23)20-7-5-19(26)6-8-20/h4-9,12-15,17H,10-11H2,1-3H3/b23-13-. The van der Waals surface area contributed by atoms with Crippen molar-refractivity contribution in [1.29, 1.82) is 0 Å². The molecule has 8 nitrogen and oxygen atoms in total. The topological polar surface area (TPSA) is 72.2 Å². The summed E-state index contributed by atoms with van der Waals surface area (Å²) in [5, 5.41) is 3.75. The van der Waals surface area contributed by atoms with Crippen LogP contribution >= 0.6 is 0 Å². The van der Waals surface area contributed by atoms with E-state index in [0.717, 1.165) is 16.9 Å². The molecule has 3 heterocycles. The first-order valence-corrected chi connectivity index (χ1v) is 10.9. The fourth-order valence-corrected chi connectivity index (χ4v) is 4.14. The van der Waals surface area contributed by atoms with E-state index >= 15 is 0 Å². The van der Waals surface area contributed by atoms with Gasteiger partial charge in [-0.1, -0.05) is 6.07 Å². The number of fused-ring (bicyclic) bond motifs is 1. The number of aryl methyl sites for hydroxylation is 1. The highest BCUT2D eigenvalue weighted by atomic mass is 19.1. The molecule has 1 fully saturated rings. The number of ether oxygens (including phenoxy) is 2. The number of benzene rings is 2. The van der Waals surface area contributed by atoms with Crippen molar-refractivity contribution < 1.29 is 18.7 Å². The van der Waals surface area contributed by atoms with Crippen molar-refractivity contribution in [3.63, 3.8) is 0 Å². The molecule has 9 heteroatoms. The molecule has 174 valence electrons. The molecule has 0 N–H and O–H groups in total. The largest absolute Gasteiger partial charge is 0.495 e. The van der Waals surface area contributed by atoms with Crippen LogP contribution in [0.15, 0.2) is 65.7 Å². The zero-order valence-electron chi connectivity index (χ0n) is 19.1. The predicted molar refractivity (Wildman–Crippen MR) is 126 cm³/mol. The van der Waals surface area contributed by atoms with Crippen LogP contribution in [-0.4, -0.2) is 52.6 Å². The van der Waals surface area contributed by atoms with Crippen molar-refractivity contribution in [2.24, 2.45) is 4.99 Å². The second kappa shape index (κ2) is 8.66. The van der Waals surface area contributed by atoms with E-state index in [1.807, 2.05) is 52.0 Å². The number of hydrogen-bond donors (Lipinski definition) is 0. The molecule has 1 aromatic heterocycles. The summed E-state index contributed by atoms with van der Waals surface area (Å²) < 4.78 is 26.9. The summed E-state index contributed by atoms with van der Waals surface area (Å²) in [7, 11) is 1.62. The van der Waals surface area contributed by atoms with Crippen molar-refractivity contribution in [2.45, 2.75) is 19.9 Å². The molecule has 2 aliphatic rings. The predicted octanol–water partition coefficient (Wildman–Crippen LogP) is 3.75. The molecule has 0 aliphatic carbocycles. The summed E-state index contributed by atoms with van der Waals surface area (Å²) in [4.78, 5) is 21.4. The van der Waals surface area contributed by atoms with Gasteiger partial charge in [-0.25, -0.2) is 9.37 Å². The molecule has 1 unspecified atom stereocenters. The van der Waals surface area contributed by atoms with Gasteiger partial charge in [0.15, 0.2) is 11.6 Å². The van der Waals surface area contributed by atoms with Gasteiger partial charge in [-0.3, -0.25) is 14.8 Å². The Kier molecular flexibility index (Phi) is 5.53. The number of aromatic nitrogens is 2. The van der Waals surface area contributed by atoms with E-state index in [1.165, 1.54) is 12.1 Å². The minimum atomic E-state index is -0.522. The van der Waals surface area contributed by atoms with Crippen LogP contribution in [0.5, 0.6) is 5.75 Å². The molecular formula is C25H24FN5O3. The number of anilines is 1. The highest BCUT2D eigenvalue weighted by molar-refractivity contribution is 6.10. The second-order valence-electron chi connectivity index (χ2n) is 8.10. The molecule has 5 rings (SSSR count). The number of amidine groups is 1. The van der Waals surface area contributed by atoms with E-state index in [-0.39, 0.29) is 11.7 Å². The van der Waals surface area contributed by atoms with Crippen LogP contribution < -0.4 is 9.75 Å². The fourth-order valence-electron chi connectivity index (χ4n) is 4.14. The molecule has 0 spiro atoms. The highest BCUT2D eigenvalue weighted by Crippen LogP contribution is 2.30. The molecule has 0 bridgehead atoms. The number of halogens is 1. The minimum absolute atomic E-state index is 0.296. The number of morpholine rings is 1. The Bertz CT molecular complexity index is 1300. The molecule has 0 saturated carbocycles. The molecule has 1 atom stereocenters. The Morgan fingerprint density at radius 3 is 2.71 bits per heavy atom. The maximum atomic E-state index is 13.5. The van der Waals surface area contributed by atoms with Crippen LogP contribution in [-0.2, 0) is 9.53 Å². The number of methoxy groups -OCH3 is 1. The third-order valence-corrected chi connectivity index (χ3v) is 5.81. The Labute approximate surface area is 196 Å². The van der Waals surface area contributed by atoms with Crippen LogP contribution in [0.1, 0.15) is 18.2 Å². The Hall–Kier alpha value is -4.14. The molecule has 34 heavy (non-hydrogen) atoms. The van der Waals surface area contributed by atoms with Gasteiger partial charge in [-0.15, -0.1) is 0 Å². The number of hydrogen-bond acceptors (Lipinski definition) is 6. The van der Waals surface area contributed by atoms with Gasteiger partial charge in [0, 0.05) is 6.20 Å². The van der Waals surface area contributed by atoms with E-state index in [1.54, 1.807) is 32.5 Å². The first kappa shape index (κ1) is 21.7. The molecule has 1 amide bonds. The van der Waals surface area contributed by atoms with Crippen molar-refractivity contribution in [1.82, 2.24) is 14.6 Å². The molecule has 0 radical (unpaired) electrons. The number of amides is 1. The summed E-state index contributed by atoms with van der Waals surface area (Å²) in [5.74, 6) is 0.941. The van der Waals surface area contributed by atoms with Gasteiger partial charge >= 0.3 is 0 Å². The molecule has 2 aliphatic heterocycles. The number of aliphatic imine (C=N–C) groups is 1. The lowest BCUT2D eigenvalue weighted by Crippen LogP contribution is -2.60. The second-order valence-corrected chi connectivity index (χ2v) is 8.10. The molecule has 1 saturated heterocycles. The van der Waals surface area contributed by atoms with Crippen LogP contribution in [0.2, 0.25) is 0 Å². The number of hydrazine groups is 1. The van der Waals surface area contributed by atoms with Gasteiger partial charge in [-0.2, -0.15) is 4.99 Å². The quantitative estimate of drug-likeness (QED) is 0.589. The minimum Gasteiger partial charge on any atom is -0.495 e. The van der Waals surface area contributed by atoms with Crippen molar-refractivity contribution in [3.05, 3.63) is 77.8 Å². The van der Waals surface area contributed by atoms with E-state index in [0.29, 0.717) is 36.2 Å². The summed E-state index contributed by atoms with van der Waals surface area (Å²) in [6.07, 6.45) is 5.50. The third kappa shape index (κ3) is 3.89. The number of imidazole rings is 1. The maximum Gasteiger partial charge on any atom is 0.272 e. The lowest BCUT2D eigenvalue weighted by atomic mass is 10.1. The number of nitrogens with zero attached hydrogens (tertiary/aromatic N) is 5. The molecular weight excluding hydrogens is 437 g/mol. The number of rotatable bonds is 4. The van der Waals surface area contributed by atoms with E-state index in [4.69, 9.17) is 9.47 Å². The monoisotopic (exact) mass is 461 g/mol. The molecule has 3 aromatic rings. The number of carbonyl (C=O) groups excluding carboxylic acids is 1. The Balaban J connectivity index is 1.51. The van der Waals surface area contributed by atoms with E-state index in [9.17, 15) is 9.18 Å². The zero-order valence-corrected chi connectivity index (χ0v) is 19.1. The maximum absolute atomic E-state index is 13.5. The smallest absolute Gasteiger partial charge is 0.272 e. The SMILES string of the molecule is COc1cc(/C=C2\OCCN3C2=NC(=O)C(C)N3c2ccc(F)cc2)ccc1-n1cnc(C)c1.